The molecule has 6 nitrogen and oxygen atoms in total. The normalized spacial score (nSPS) is 17.9. The number of amides is 1. The molecule has 0 spiro atoms. The first kappa shape index (κ1) is 23.0. The van der Waals surface area contributed by atoms with Crippen LogP contribution in [-0.4, -0.2) is 54.3 Å². The summed E-state index contributed by atoms with van der Waals surface area (Å²) >= 11 is 0. The van der Waals surface area contributed by atoms with Gasteiger partial charge in [0.2, 0.25) is 5.91 Å². The van der Waals surface area contributed by atoms with Gasteiger partial charge in [-0.15, -0.1) is 0 Å². The van der Waals surface area contributed by atoms with Gasteiger partial charge in [0.05, 0.1) is 18.6 Å². The lowest BCUT2D eigenvalue weighted by Gasteiger charge is -2.42. The number of nitrogens with zero attached hydrogens (tertiary/aromatic N) is 3. The molecule has 2 aliphatic heterocycles. The van der Waals surface area contributed by atoms with Gasteiger partial charge in [0.25, 0.3) is 0 Å². The highest BCUT2D eigenvalue weighted by Gasteiger charge is 2.34. The van der Waals surface area contributed by atoms with E-state index in [0.717, 1.165) is 46.3 Å². The zero-order valence-electron chi connectivity index (χ0n) is 20.5. The molecule has 3 aromatic carbocycles. The summed E-state index contributed by atoms with van der Waals surface area (Å²) in [5.74, 6) is 3.15. The highest BCUT2D eigenvalue weighted by molar-refractivity contribution is 6.04. The van der Waals surface area contributed by atoms with Crippen molar-refractivity contribution >= 4 is 17.4 Å². The third kappa shape index (κ3) is 4.48. The number of rotatable bonds is 4. The summed E-state index contributed by atoms with van der Waals surface area (Å²) < 4.78 is 11.7. The Morgan fingerprint density at radius 2 is 1.83 bits per heavy atom. The first-order chi connectivity index (χ1) is 17.1. The first-order valence-corrected chi connectivity index (χ1v) is 12.2. The Hall–Kier alpha value is -3.80. The molecule has 35 heavy (non-hydrogen) atoms. The van der Waals surface area contributed by atoms with E-state index < -0.39 is 0 Å². The fourth-order valence-electron chi connectivity index (χ4n) is 4.99. The third-order valence-electron chi connectivity index (χ3n) is 6.86. The molecule has 0 bridgehead atoms. The smallest absolute Gasteiger partial charge is 0.230 e. The standard InChI is InChI=1S/C29H31N3O3/c1-4-23(21-10-6-5-7-11-21)29(33)32-17-16-31(19-20(32)2)28-24-18-22(34-3)14-15-26(24)35-27-13-9-8-12-25(27)30-28/h5-15,18,20,23H,4,16-17,19H2,1-3H3/t20-,23-/m1/s1. The molecule has 2 heterocycles. The Bertz CT molecular complexity index is 1240. The molecule has 0 radical (unpaired) electrons. The number of para-hydroxylation sites is 2. The molecule has 2 aliphatic rings. The Kier molecular flexibility index (Phi) is 6.45. The maximum atomic E-state index is 13.6. The van der Waals surface area contributed by atoms with Gasteiger partial charge in [0.15, 0.2) is 5.75 Å². The number of carbonyl (C=O) groups is 1. The topological polar surface area (TPSA) is 54.4 Å². The SMILES string of the molecule is CC[C@@H](C(=O)N1CCN(C2=Nc3ccccc3Oc3ccc(OC)cc32)C[C@H]1C)c1ccccc1. The first-order valence-electron chi connectivity index (χ1n) is 12.2. The molecule has 0 saturated carbocycles. The summed E-state index contributed by atoms with van der Waals surface area (Å²) in [4.78, 5) is 22.9. The molecule has 0 N–H and O–H groups in total. The summed E-state index contributed by atoms with van der Waals surface area (Å²) in [7, 11) is 1.66. The number of methoxy groups -OCH3 is 1. The molecule has 1 saturated heterocycles. The summed E-state index contributed by atoms with van der Waals surface area (Å²) in [5, 5.41) is 0. The van der Waals surface area contributed by atoms with E-state index in [0.29, 0.717) is 19.6 Å². The Balaban J connectivity index is 1.43. The molecule has 1 fully saturated rings. The minimum Gasteiger partial charge on any atom is -0.497 e. The van der Waals surface area contributed by atoms with Crippen molar-refractivity contribution in [2.75, 3.05) is 26.7 Å². The predicted octanol–water partition coefficient (Wildman–Crippen LogP) is 5.61. The van der Waals surface area contributed by atoms with Gasteiger partial charge in [0.1, 0.15) is 23.0 Å². The van der Waals surface area contributed by atoms with Crippen LogP contribution < -0.4 is 9.47 Å². The Morgan fingerprint density at radius 3 is 2.57 bits per heavy atom. The number of amidine groups is 1. The van der Waals surface area contributed by atoms with E-state index in [1.54, 1.807) is 7.11 Å². The summed E-state index contributed by atoms with van der Waals surface area (Å²) in [6.07, 6.45) is 0.782. The number of fused-ring (bicyclic) bond motifs is 2. The van der Waals surface area contributed by atoms with Gasteiger partial charge in [-0.1, -0.05) is 49.4 Å². The second-order valence-corrected chi connectivity index (χ2v) is 9.07. The van der Waals surface area contributed by atoms with E-state index in [2.05, 4.69) is 30.9 Å². The van der Waals surface area contributed by atoms with Crippen LogP contribution in [0.4, 0.5) is 5.69 Å². The molecular formula is C29H31N3O3. The number of piperazine rings is 1. The monoisotopic (exact) mass is 469 g/mol. The van der Waals surface area contributed by atoms with Crippen molar-refractivity contribution in [3.8, 4) is 17.2 Å². The molecule has 3 aromatic rings. The largest absolute Gasteiger partial charge is 0.497 e. The maximum absolute atomic E-state index is 13.6. The minimum absolute atomic E-state index is 0.0465. The van der Waals surface area contributed by atoms with Crippen LogP contribution in [0.5, 0.6) is 17.2 Å². The van der Waals surface area contributed by atoms with Crippen molar-refractivity contribution in [3.63, 3.8) is 0 Å². The molecule has 0 unspecified atom stereocenters. The lowest BCUT2D eigenvalue weighted by Crippen LogP contribution is -2.56. The molecular weight excluding hydrogens is 438 g/mol. The van der Waals surface area contributed by atoms with Crippen molar-refractivity contribution in [3.05, 3.63) is 83.9 Å². The van der Waals surface area contributed by atoms with Crippen LogP contribution in [0.3, 0.4) is 0 Å². The number of hydrogen-bond acceptors (Lipinski definition) is 5. The van der Waals surface area contributed by atoms with Crippen molar-refractivity contribution in [2.45, 2.75) is 32.2 Å². The van der Waals surface area contributed by atoms with Crippen LogP contribution in [0.2, 0.25) is 0 Å². The van der Waals surface area contributed by atoms with Crippen molar-refractivity contribution in [1.29, 1.82) is 0 Å². The van der Waals surface area contributed by atoms with Gasteiger partial charge in [0, 0.05) is 25.7 Å². The molecule has 1 amide bonds. The quantitative estimate of drug-likeness (QED) is 0.499. The summed E-state index contributed by atoms with van der Waals surface area (Å²) in [6.45, 7) is 6.23. The highest BCUT2D eigenvalue weighted by Crippen LogP contribution is 2.39. The van der Waals surface area contributed by atoms with E-state index in [1.807, 2.05) is 65.6 Å². The molecule has 0 aliphatic carbocycles. The van der Waals surface area contributed by atoms with Crippen LogP contribution in [0, 0.1) is 0 Å². The van der Waals surface area contributed by atoms with Crippen molar-refractivity contribution < 1.29 is 14.3 Å². The number of hydrogen-bond donors (Lipinski definition) is 0. The number of carbonyl (C=O) groups excluding carboxylic acids is 1. The van der Waals surface area contributed by atoms with Gasteiger partial charge >= 0.3 is 0 Å². The Morgan fingerprint density at radius 1 is 1.06 bits per heavy atom. The van der Waals surface area contributed by atoms with Crippen LogP contribution >= 0.6 is 0 Å². The lowest BCUT2D eigenvalue weighted by molar-refractivity contribution is -0.136. The van der Waals surface area contributed by atoms with Crippen molar-refractivity contribution in [2.24, 2.45) is 4.99 Å². The molecule has 2 atom stereocenters. The summed E-state index contributed by atoms with van der Waals surface area (Å²) in [6, 6.07) is 23.8. The second kappa shape index (κ2) is 9.82. The number of benzene rings is 3. The number of aliphatic imine (C=N–C) groups is 1. The van der Waals surface area contributed by atoms with Crippen molar-refractivity contribution in [1.82, 2.24) is 9.80 Å². The molecule has 180 valence electrons. The van der Waals surface area contributed by atoms with Crippen LogP contribution in [0.25, 0.3) is 0 Å². The van der Waals surface area contributed by atoms with Gasteiger partial charge in [-0.3, -0.25) is 4.79 Å². The average Bonchev–Trinajstić information content (AvgIpc) is 3.06. The fraction of sp³-hybridized carbons (Fsp3) is 0.310. The van der Waals surface area contributed by atoms with Gasteiger partial charge < -0.3 is 19.3 Å². The van der Waals surface area contributed by atoms with Crippen LogP contribution in [0.1, 0.15) is 37.3 Å². The van der Waals surface area contributed by atoms with E-state index in [1.165, 1.54) is 0 Å². The predicted molar refractivity (Wildman–Crippen MR) is 138 cm³/mol. The maximum Gasteiger partial charge on any atom is 0.230 e. The summed E-state index contributed by atoms with van der Waals surface area (Å²) in [5.41, 5.74) is 2.76. The molecule has 6 heteroatoms. The van der Waals surface area contributed by atoms with Gasteiger partial charge in [-0.25, -0.2) is 4.99 Å². The van der Waals surface area contributed by atoms with E-state index in [-0.39, 0.29) is 17.9 Å². The van der Waals surface area contributed by atoms with Crippen LogP contribution in [-0.2, 0) is 4.79 Å². The zero-order chi connectivity index (χ0) is 24.4. The highest BCUT2D eigenvalue weighted by atomic mass is 16.5. The second-order valence-electron chi connectivity index (χ2n) is 9.07. The van der Waals surface area contributed by atoms with Gasteiger partial charge in [-0.2, -0.15) is 0 Å². The zero-order valence-corrected chi connectivity index (χ0v) is 20.5. The van der Waals surface area contributed by atoms with E-state index in [9.17, 15) is 4.79 Å². The van der Waals surface area contributed by atoms with Crippen LogP contribution in [0.15, 0.2) is 77.8 Å². The minimum atomic E-state index is -0.120. The molecule has 5 rings (SSSR count). The lowest BCUT2D eigenvalue weighted by atomic mass is 9.94. The van der Waals surface area contributed by atoms with E-state index in [4.69, 9.17) is 14.5 Å². The van der Waals surface area contributed by atoms with Gasteiger partial charge in [-0.05, 0) is 49.2 Å². The third-order valence-corrected chi connectivity index (χ3v) is 6.86. The average molecular weight is 470 g/mol. The number of ether oxygens (including phenoxy) is 2. The van der Waals surface area contributed by atoms with E-state index >= 15 is 0 Å². The fourth-order valence-corrected chi connectivity index (χ4v) is 4.99. The Labute approximate surface area is 206 Å². The molecule has 0 aromatic heterocycles.